The Morgan fingerprint density at radius 3 is 2.22 bits per heavy atom. The molecule has 1 nitrogen and oxygen atoms in total. The zero-order chi connectivity index (χ0) is 11.9. The third kappa shape index (κ3) is 4.28. The second kappa shape index (κ2) is 7.59. The summed E-state index contributed by atoms with van der Waals surface area (Å²) in [6.07, 6.45) is 1.47. The number of nitrogens with zero attached hydrogens (tertiary/aromatic N) is 1. The molecule has 0 aliphatic carbocycles. The van der Waals surface area contributed by atoms with Crippen molar-refractivity contribution >= 4 is 0 Å². The van der Waals surface area contributed by atoms with Crippen LogP contribution in [0.4, 0.5) is 4.39 Å². The average molecular weight is 281 g/mol. The van der Waals surface area contributed by atoms with Crippen molar-refractivity contribution < 1.29 is 21.5 Å². The van der Waals surface area contributed by atoms with Crippen molar-refractivity contribution in [3.8, 4) is 11.3 Å². The molecule has 0 aliphatic rings. The maximum Gasteiger partial charge on any atom is 2.00 e. The van der Waals surface area contributed by atoms with Gasteiger partial charge in [0.05, 0.1) is 5.82 Å². The van der Waals surface area contributed by atoms with Crippen molar-refractivity contribution in [2.24, 2.45) is 0 Å². The van der Waals surface area contributed by atoms with Crippen molar-refractivity contribution in [2.45, 2.75) is 0 Å². The first-order valence-corrected chi connectivity index (χ1v) is 5.36. The van der Waals surface area contributed by atoms with Crippen molar-refractivity contribution in [1.29, 1.82) is 0 Å². The summed E-state index contributed by atoms with van der Waals surface area (Å²) < 4.78 is 12.7. The minimum absolute atomic E-state index is 0. The molecule has 0 amide bonds. The van der Waals surface area contributed by atoms with E-state index in [-0.39, 0.29) is 22.9 Å². The predicted octanol–water partition coefficient (Wildman–Crippen LogP) is 4.01. The summed E-state index contributed by atoms with van der Waals surface area (Å²) in [5, 5.41) is 0. The van der Waals surface area contributed by atoms with Crippen LogP contribution in [-0.2, 0) is 17.1 Å². The molecular formula is C15H12FFeN. The van der Waals surface area contributed by atoms with Gasteiger partial charge in [-0.25, -0.2) is 16.5 Å². The third-order valence-corrected chi connectivity index (χ3v) is 2.24. The summed E-state index contributed by atoms with van der Waals surface area (Å²) in [5.41, 5.74) is 1.63. The maximum atomic E-state index is 12.7. The number of pyridine rings is 1. The van der Waals surface area contributed by atoms with E-state index >= 15 is 0 Å². The maximum absolute atomic E-state index is 12.7. The van der Waals surface area contributed by atoms with Gasteiger partial charge >= 0.3 is 17.1 Å². The largest absolute Gasteiger partial charge is 2.00 e. The van der Waals surface area contributed by atoms with Crippen LogP contribution in [0.25, 0.3) is 11.3 Å². The van der Waals surface area contributed by atoms with Crippen LogP contribution in [0.5, 0.6) is 0 Å². The van der Waals surface area contributed by atoms with E-state index in [1.165, 1.54) is 18.3 Å². The predicted molar refractivity (Wildman–Crippen MR) is 67.3 cm³/mol. The molecular weight excluding hydrogens is 269 g/mol. The van der Waals surface area contributed by atoms with Gasteiger partial charge in [0.25, 0.3) is 0 Å². The first kappa shape index (κ1) is 14.4. The summed E-state index contributed by atoms with van der Waals surface area (Å²) in [7, 11) is 0. The number of aromatic nitrogens is 1. The molecule has 0 radical (unpaired) electrons. The Labute approximate surface area is 117 Å². The number of hydrogen-bond acceptors (Lipinski definition) is 1. The van der Waals surface area contributed by atoms with E-state index in [4.69, 9.17) is 0 Å². The van der Waals surface area contributed by atoms with Gasteiger partial charge in [0.15, 0.2) is 0 Å². The Bertz CT molecular complexity index is 512. The molecule has 0 bridgehead atoms. The van der Waals surface area contributed by atoms with Crippen LogP contribution in [0.2, 0.25) is 0 Å². The van der Waals surface area contributed by atoms with E-state index in [1.54, 1.807) is 0 Å². The molecule has 2 aromatic carbocycles. The average Bonchev–Trinajstić information content (AvgIpc) is 3.06. The van der Waals surface area contributed by atoms with Gasteiger partial charge in [-0.2, -0.15) is 30.3 Å². The first-order chi connectivity index (χ1) is 8.36. The Kier molecular flexibility index (Phi) is 6.06. The van der Waals surface area contributed by atoms with Crippen molar-refractivity contribution in [2.75, 3.05) is 0 Å². The SMILES string of the molecule is Fc1ccnc(-[c-]2cccc2)c1.[Fe+2].c1cc[cH-]c1. The van der Waals surface area contributed by atoms with Gasteiger partial charge < -0.3 is 0 Å². The number of halogens is 1. The molecule has 1 aromatic heterocycles. The van der Waals surface area contributed by atoms with Gasteiger partial charge in [-0.15, -0.1) is 12.1 Å². The van der Waals surface area contributed by atoms with Gasteiger partial charge in [0, 0.05) is 6.20 Å². The van der Waals surface area contributed by atoms with Crippen LogP contribution >= 0.6 is 0 Å². The summed E-state index contributed by atoms with van der Waals surface area (Å²) >= 11 is 0. The van der Waals surface area contributed by atoms with Gasteiger partial charge in [0.2, 0.25) is 0 Å². The fraction of sp³-hybridized carbons (Fsp3) is 0. The van der Waals surface area contributed by atoms with Crippen molar-refractivity contribution in [3.63, 3.8) is 0 Å². The second-order valence-corrected chi connectivity index (χ2v) is 3.50. The van der Waals surface area contributed by atoms with E-state index in [9.17, 15) is 4.39 Å². The molecule has 3 aromatic rings. The van der Waals surface area contributed by atoms with Crippen LogP contribution < -0.4 is 0 Å². The molecule has 3 rings (SSSR count). The van der Waals surface area contributed by atoms with Crippen LogP contribution in [0.3, 0.4) is 0 Å². The van der Waals surface area contributed by atoms with E-state index in [0.717, 1.165) is 5.56 Å². The first-order valence-electron chi connectivity index (χ1n) is 5.36. The fourth-order valence-corrected chi connectivity index (χ4v) is 1.43. The molecule has 92 valence electrons. The van der Waals surface area contributed by atoms with E-state index < -0.39 is 0 Å². The Hall–Kier alpha value is -1.70. The third-order valence-electron chi connectivity index (χ3n) is 2.24. The van der Waals surface area contributed by atoms with Crippen LogP contribution in [0.1, 0.15) is 0 Å². The number of hydrogen-bond donors (Lipinski definition) is 0. The molecule has 0 unspecified atom stereocenters. The summed E-state index contributed by atoms with van der Waals surface area (Å²) in [6, 6.07) is 20.4. The molecule has 0 spiro atoms. The zero-order valence-corrected chi connectivity index (χ0v) is 10.7. The van der Waals surface area contributed by atoms with Crippen molar-refractivity contribution in [1.82, 2.24) is 4.98 Å². The standard InChI is InChI=1S/C10H7FN.C5H5.Fe/c11-9-5-6-12-10(7-9)8-3-1-2-4-8;1-2-4-5-3-1;/h1-7H;1-5H;/q2*-1;+2. The number of rotatable bonds is 1. The molecule has 0 saturated heterocycles. The molecule has 3 heteroatoms. The molecule has 0 saturated carbocycles. The minimum Gasteiger partial charge on any atom is -0.276 e. The van der Waals surface area contributed by atoms with E-state index in [0.29, 0.717) is 5.69 Å². The smallest absolute Gasteiger partial charge is 0.276 e. The minimum atomic E-state index is -0.249. The topological polar surface area (TPSA) is 12.9 Å². The summed E-state index contributed by atoms with van der Waals surface area (Å²) in [4.78, 5) is 4.04. The second-order valence-electron chi connectivity index (χ2n) is 3.50. The molecule has 0 atom stereocenters. The normalized spacial score (nSPS) is 8.94. The summed E-state index contributed by atoms with van der Waals surface area (Å²) in [5.74, 6) is -0.249. The fourth-order valence-electron chi connectivity index (χ4n) is 1.43. The van der Waals surface area contributed by atoms with Crippen LogP contribution in [-0.4, -0.2) is 4.98 Å². The molecule has 18 heavy (non-hydrogen) atoms. The monoisotopic (exact) mass is 281 g/mol. The quantitative estimate of drug-likeness (QED) is 0.485. The van der Waals surface area contributed by atoms with Gasteiger partial charge in [0.1, 0.15) is 0 Å². The molecule has 0 fully saturated rings. The van der Waals surface area contributed by atoms with Crippen molar-refractivity contribution in [3.05, 3.63) is 78.7 Å². The zero-order valence-electron chi connectivity index (χ0n) is 9.61. The summed E-state index contributed by atoms with van der Waals surface area (Å²) in [6.45, 7) is 0. The van der Waals surface area contributed by atoms with E-state index in [1.807, 2.05) is 54.6 Å². The van der Waals surface area contributed by atoms with Crippen LogP contribution in [0.15, 0.2) is 72.9 Å². The van der Waals surface area contributed by atoms with Crippen LogP contribution in [0, 0.1) is 5.82 Å². The molecule has 1 heterocycles. The molecule has 0 aliphatic heterocycles. The Balaban J connectivity index is 0.000000230. The van der Waals surface area contributed by atoms with Gasteiger partial charge in [-0.05, 0) is 11.8 Å². The molecule has 0 N–H and O–H groups in total. The Morgan fingerprint density at radius 2 is 1.72 bits per heavy atom. The van der Waals surface area contributed by atoms with E-state index in [2.05, 4.69) is 4.98 Å². The van der Waals surface area contributed by atoms with Gasteiger partial charge in [-0.3, -0.25) is 4.98 Å². The van der Waals surface area contributed by atoms with Gasteiger partial charge in [-0.1, -0.05) is 11.6 Å². The Morgan fingerprint density at radius 1 is 1.06 bits per heavy atom.